The molecule has 2 nitrogen and oxygen atoms in total. The van der Waals surface area contributed by atoms with Crippen molar-refractivity contribution in [3.05, 3.63) is 57.2 Å². The van der Waals surface area contributed by atoms with Gasteiger partial charge in [-0.3, -0.25) is 4.79 Å². The van der Waals surface area contributed by atoms with Gasteiger partial charge in [-0.2, -0.15) is 0 Å². The molecule has 0 saturated heterocycles. The smallest absolute Gasteiger partial charge is 0.308 e. The largest absolute Gasteiger partial charge is 0.464 e. The van der Waals surface area contributed by atoms with E-state index in [0.29, 0.717) is 6.61 Å². The molecular formula is C18H17IO2. The van der Waals surface area contributed by atoms with E-state index in [4.69, 9.17) is 4.74 Å². The summed E-state index contributed by atoms with van der Waals surface area (Å²) in [5.74, 6) is -0.0720. The summed E-state index contributed by atoms with van der Waals surface area (Å²) in [6.45, 7) is 4.14. The van der Waals surface area contributed by atoms with Crippen LogP contribution in [0.3, 0.4) is 0 Å². The molecule has 21 heavy (non-hydrogen) atoms. The fourth-order valence-electron chi connectivity index (χ4n) is 2.79. The Bertz CT molecular complexity index is 691. The van der Waals surface area contributed by atoms with Gasteiger partial charge in [0.2, 0.25) is 0 Å². The van der Waals surface area contributed by atoms with Crippen molar-refractivity contribution in [1.82, 2.24) is 0 Å². The standard InChI is InChI=1S/C18H17IO2/c1-11(2)18(20)21-10-17-14-6-4-3-5-13(14)15-8-7-12(19)9-16(15)17/h3-9,11,17H,10H2,1-2H3. The van der Waals surface area contributed by atoms with Gasteiger partial charge in [-0.15, -0.1) is 0 Å². The molecule has 0 amide bonds. The lowest BCUT2D eigenvalue weighted by molar-refractivity contribution is -0.147. The van der Waals surface area contributed by atoms with E-state index >= 15 is 0 Å². The van der Waals surface area contributed by atoms with Crippen molar-refractivity contribution in [2.24, 2.45) is 5.92 Å². The first-order valence-corrected chi connectivity index (χ1v) is 8.21. The minimum Gasteiger partial charge on any atom is -0.464 e. The molecule has 0 aromatic heterocycles. The molecule has 1 aliphatic rings. The molecule has 0 saturated carbocycles. The van der Waals surface area contributed by atoms with Gasteiger partial charge in [0, 0.05) is 9.49 Å². The lowest BCUT2D eigenvalue weighted by Gasteiger charge is -2.15. The summed E-state index contributed by atoms with van der Waals surface area (Å²) in [6.07, 6.45) is 0. The van der Waals surface area contributed by atoms with Crippen molar-refractivity contribution in [1.29, 1.82) is 0 Å². The van der Waals surface area contributed by atoms with E-state index in [1.807, 2.05) is 19.9 Å². The van der Waals surface area contributed by atoms with Gasteiger partial charge >= 0.3 is 5.97 Å². The predicted octanol–water partition coefficient (Wildman–Crippen LogP) is 4.60. The van der Waals surface area contributed by atoms with Gasteiger partial charge in [0.05, 0.1) is 5.92 Å². The van der Waals surface area contributed by atoms with Gasteiger partial charge < -0.3 is 4.74 Å². The van der Waals surface area contributed by atoms with E-state index in [2.05, 4.69) is 59.0 Å². The highest BCUT2D eigenvalue weighted by molar-refractivity contribution is 14.1. The molecule has 3 rings (SSSR count). The maximum atomic E-state index is 11.8. The Labute approximate surface area is 138 Å². The summed E-state index contributed by atoms with van der Waals surface area (Å²) < 4.78 is 6.71. The molecule has 0 fully saturated rings. The normalized spacial score (nSPS) is 15.7. The highest BCUT2D eigenvalue weighted by atomic mass is 127. The highest BCUT2D eigenvalue weighted by Gasteiger charge is 2.29. The summed E-state index contributed by atoms with van der Waals surface area (Å²) in [6, 6.07) is 14.9. The van der Waals surface area contributed by atoms with Gasteiger partial charge in [0.25, 0.3) is 0 Å². The summed E-state index contributed by atoms with van der Waals surface area (Å²) in [5, 5.41) is 0. The summed E-state index contributed by atoms with van der Waals surface area (Å²) in [4.78, 5) is 11.8. The van der Waals surface area contributed by atoms with Crippen molar-refractivity contribution in [2.75, 3.05) is 6.61 Å². The minimum atomic E-state index is -0.133. The number of carbonyl (C=O) groups is 1. The molecule has 108 valence electrons. The quantitative estimate of drug-likeness (QED) is 0.564. The molecule has 0 bridgehead atoms. The average molecular weight is 392 g/mol. The third-order valence-corrected chi connectivity index (χ3v) is 4.55. The van der Waals surface area contributed by atoms with Crippen LogP contribution in [0.2, 0.25) is 0 Å². The number of hydrogen-bond acceptors (Lipinski definition) is 2. The van der Waals surface area contributed by atoms with E-state index < -0.39 is 0 Å². The highest BCUT2D eigenvalue weighted by Crippen LogP contribution is 2.45. The topological polar surface area (TPSA) is 26.3 Å². The summed E-state index contributed by atoms with van der Waals surface area (Å²) >= 11 is 2.33. The molecule has 0 heterocycles. The Morgan fingerprint density at radius 3 is 2.62 bits per heavy atom. The van der Waals surface area contributed by atoms with Gasteiger partial charge in [0.1, 0.15) is 6.61 Å². The zero-order valence-corrected chi connectivity index (χ0v) is 14.3. The monoisotopic (exact) mass is 392 g/mol. The Balaban J connectivity index is 1.97. The lowest BCUT2D eigenvalue weighted by atomic mass is 9.98. The molecular weight excluding hydrogens is 375 g/mol. The fourth-order valence-corrected chi connectivity index (χ4v) is 3.31. The minimum absolute atomic E-state index is 0.0861. The number of benzene rings is 2. The van der Waals surface area contributed by atoms with Crippen LogP contribution in [-0.2, 0) is 9.53 Å². The molecule has 3 heteroatoms. The van der Waals surface area contributed by atoms with Gasteiger partial charge in [-0.1, -0.05) is 44.2 Å². The van der Waals surface area contributed by atoms with Crippen molar-refractivity contribution in [2.45, 2.75) is 19.8 Å². The van der Waals surface area contributed by atoms with Crippen LogP contribution < -0.4 is 0 Å². The van der Waals surface area contributed by atoms with Crippen LogP contribution in [0.25, 0.3) is 11.1 Å². The van der Waals surface area contributed by atoms with E-state index in [1.54, 1.807) is 0 Å². The zero-order chi connectivity index (χ0) is 15.0. The van der Waals surface area contributed by atoms with Crippen molar-refractivity contribution in [3.63, 3.8) is 0 Å². The van der Waals surface area contributed by atoms with Crippen LogP contribution in [0.5, 0.6) is 0 Å². The van der Waals surface area contributed by atoms with Gasteiger partial charge in [-0.25, -0.2) is 0 Å². The lowest BCUT2D eigenvalue weighted by Crippen LogP contribution is -2.16. The van der Waals surface area contributed by atoms with Crippen LogP contribution in [0.1, 0.15) is 30.9 Å². The first-order valence-electron chi connectivity index (χ1n) is 7.13. The van der Waals surface area contributed by atoms with E-state index in [9.17, 15) is 4.79 Å². The zero-order valence-electron chi connectivity index (χ0n) is 12.1. The van der Waals surface area contributed by atoms with Gasteiger partial charge in [0.15, 0.2) is 0 Å². The number of esters is 1. The third-order valence-electron chi connectivity index (χ3n) is 3.88. The predicted molar refractivity (Wildman–Crippen MR) is 92.2 cm³/mol. The molecule has 2 aromatic rings. The Kier molecular flexibility index (Phi) is 4.02. The number of carbonyl (C=O) groups excluding carboxylic acids is 1. The number of halogens is 1. The van der Waals surface area contributed by atoms with Crippen molar-refractivity contribution in [3.8, 4) is 11.1 Å². The first kappa shape index (κ1) is 14.6. The molecule has 2 aromatic carbocycles. The second kappa shape index (κ2) is 5.79. The second-order valence-electron chi connectivity index (χ2n) is 5.66. The van der Waals surface area contributed by atoms with Crippen LogP contribution in [-0.4, -0.2) is 12.6 Å². The fraction of sp³-hybridized carbons (Fsp3) is 0.278. The summed E-state index contributed by atoms with van der Waals surface area (Å²) in [5.41, 5.74) is 5.04. The molecule has 0 N–H and O–H groups in total. The Morgan fingerprint density at radius 1 is 1.14 bits per heavy atom. The maximum absolute atomic E-state index is 11.8. The molecule has 0 aliphatic heterocycles. The molecule has 1 aliphatic carbocycles. The van der Waals surface area contributed by atoms with Crippen molar-refractivity contribution < 1.29 is 9.53 Å². The first-order chi connectivity index (χ1) is 10.1. The second-order valence-corrected chi connectivity index (χ2v) is 6.90. The van der Waals surface area contributed by atoms with E-state index in [-0.39, 0.29) is 17.8 Å². The van der Waals surface area contributed by atoms with E-state index in [1.165, 1.54) is 25.8 Å². The van der Waals surface area contributed by atoms with E-state index in [0.717, 1.165) is 0 Å². The van der Waals surface area contributed by atoms with Crippen LogP contribution in [0, 0.1) is 9.49 Å². The van der Waals surface area contributed by atoms with Gasteiger partial charge in [-0.05, 0) is 57.0 Å². The molecule has 1 unspecified atom stereocenters. The molecule has 0 spiro atoms. The Hall–Kier alpha value is -1.36. The van der Waals surface area contributed by atoms with Crippen LogP contribution in [0.15, 0.2) is 42.5 Å². The van der Waals surface area contributed by atoms with Crippen LogP contribution >= 0.6 is 22.6 Å². The Morgan fingerprint density at radius 2 is 1.86 bits per heavy atom. The van der Waals surface area contributed by atoms with Crippen LogP contribution in [0.4, 0.5) is 0 Å². The number of hydrogen-bond donors (Lipinski definition) is 0. The summed E-state index contributed by atoms with van der Waals surface area (Å²) in [7, 11) is 0. The SMILES string of the molecule is CC(C)C(=O)OCC1c2ccccc2-c2ccc(I)cc21. The molecule has 1 atom stereocenters. The number of ether oxygens (including phenoxy) is 1. The number of rotatable bonds is 3. The third kappa shape index (κ3) is 2.71. The maximum Gasteiger partial charge on any atom is 0.308 e. The molecule has 0 radical (unpaired) electrons. The average Bonchev–Trinajstić information content (AvgIpc) is 2.77. The number of fused-ring (bicyclic) bond motifs is 3. The van der Waals surface area contributed by atoms with Crippen molar-refractivity contribution >= 4 is 28.6 Å².